The summed E-state index contributed by atoms with van der Waals surface area (Å²) in [5.74, 6) is 0. The van der Waals surface area contributed by atoms with E-state index in [2.05, 4.69) is 18.9 Å². The number of hydrogen-bond donors (Lipinski definition) is 0. The average molecular weight is 182 g/mol. The van der Waals surface area contributed by atoms with Crippen molar-refractivity contribution in [3.63, 3.8) is 0 Å². The standard InChI is InChI=1S/C10H18N2O/c1-10(6-12(7-10)8-13)5-11(2)9-3-4-9/h8-9H,3-7H2,1-2H3. The third-order valence-corrected chi connectivity index (χ3v) is 3.12. The molecule has 1 aliphatic carbocycles. The molecule has 1 saturated carbocycles. The van der Waals surface area contributed by atoms with Crippen molar-refractivity contribution in [2.75, 3.05) is 26.7 Å². The van der Waals surface area contributed by atoms with E-state index < -0.39 is 0 Å². The first-order valence-corrected chi connectivity index (χ1v) is 5.03. The molecule has 0 aromatic heterocycles. The van der Waals surface area contributed by atoms with E-state index in [1.807, 2.05) is 4.90 Å². The zero-order chi connectivity index (χ0) is 9.47. The maximum absolute atomic E-state index is 10.4. The van der Waals surface area contributed by atoms with Crippen molar-refractivity contribution < 1.29 is 4.79 Å². The molecule has 13 heavy (non-hydrogen) atoms. The number of amides is 1. The molecule has 0 bridgehead atoms. The molecular weight excluding hydrogens is 164 g/mol. The highest BCUT2D eigenvalue weighted by molar-refractivity contribution is 5.49. The lowest BCUT2D eigenvalue weighted by Gasteiger charge is -2.48. The minimum absolute atomic E-state index is 0.359. The topological polar surface area (TPSA) is 23.6 Å². The van der Waals surface area contributed by atoms with Gasteiger partial charge in [-0.3, -0.25) is 4.79 Å². The van der Waals surface area contributed by atoms with Crippen LogP contribution in [0.15, 0.2) is 0 Å². The monoisotopic (exact) mass is 182 g/mol. The average Bonchev–Trinajstić information content (AvgIpc) is 2.81. The lowest BCUT2D eigenvalue weighted by Crippen LogP contribution is -2.58. The van der Waals surface area contributed by atoms with Gasteiger partial charge in [0.1, 0.15) is 0 Å². The van der Waals surface area contributed by atoms with Gasteiger partial charge in [0, 0.05) is 31.1 Å². The number of rotatable bonds is 4. The maximum atomic E-state index is 10.4. The van der Waals surface area contributed by atoms with Gasteiger partial charge >= 0.3 is 0 Å². The van der Waals surface area contributed by atoms with E-state index in [1.54, 1.807) is 0 Å². The Hall–Kier alpha value is -0.570. The fourth-order valence-electron chi connectivity index (χ4n) is 2.36. The fourth-order valence-corrected chi connectivity index (χ4v) is 2.36. The summed E-state index contributed by atoms with van der Waals surface area (Å²) < 4.78 is 0. The van der Waals surface area contributed by atoms with Crippen LogP contribution in [0.1, 0.15) is 19.8 Å². The Labute approximate surface area is 79.7 Å². The Morgan fingerprint density at radius 2 is 2.15 bits per heavy atom. The second-order valence-electron chi connectivity index (χ2n) is 4.97. The van der Waals surface area contributed by atoms with Gasteiger partial charge in [0.2, 0.25) is 6.41 Å². The summed E-state index contributed by atoms with van der Waals surface area (Å²) in [4.78, 5) is 14.7. The van der Waals surface area contributed by atoms with Crippen LogP contribution >= 0.6 is 0 Å². The van der Waals surface area contributed by atoms with Crippen LogP contribution in [-0.4, -0.2) is 48.9 Å². The molecule has 0 aromatic rings. The SMILES string of the molecule is CN(CC1(C)CN(C=O)C1)C1CC1. The van der Waals surface area contributed by atoms with Crippen molar-refractivity contribution in [3.8, 4) is 0 Å². The molecule has 2 rings (SSSR count). The van der Waals surface area contributed by atoms with Crippen LogP contribution in [0.3, 0.4) is 0 Å². The third-order valence-electron chi connectivity index (χ3n) is 3.12. The van der Waals surface area contributed by atoms with E-state index in [-0.39, 0.29) is 0 Å². The predicted molar refractivity (Wildman–Crippen MR) is 51.4 cm³/mol. The van der Waals surface area contributed by atoms with Gasteiger partial charge in [0.05, 0.1) is 0 Å². The molecule has 1 aliphatic heterocycles. The van der Waals surface area contributed by atoms with Gasteiger partial charge in [0.25, 0.3) is 0 Å². The fraction of sp³-hybridized carbons (Fsp3) is 0.900. The van der Waals surface area contributed by atoms with Crippen molar-refractivity contribution in [1.82, 2.24) is 9.80 Å². The summed E-state index contributed by atoms with van der Waals surface area (Å²) >= 11 is 0. The molecule has 0 radical (unpaired) electrons. The van der Waals surface area contributed by atoms with E-state index in [0.29, 0.717) is 5.41 Å². The van der Waals surface area contributed by atoms with Gasteiger partial charge in [-0.2, -0.15) is 0 Å². The summed E-state index contributed by atoms with van der Waals surface area (Å²) in [6, 6.07) is 0.835. The van der Waals surface area contributed by atoms with Crippen LogP contribution in [0, 0.1) is 5.41 Å². The summed E-state index contributed by atoms with van der Waals surface area (Å²) in [5, 5.41) is 0. The van der Waals surface area contributed by atoms with Crippen molar-refractivity contribution in [1.29, 1.82) is 0 Å². The van der Waals surface area contributed by atoms with Gasteiger partial charge in [0.15, 0.2) is 0 Å². The van der Waals surface area contributed by atoms with Gasteiger partial charge in [-0.05, 0) is 19.9 Å². The van der Waals surface area contributed by atoms with Crippen molar-refractivity contribution in [2.45, 2.75) is 25.8 Å². The van der Waals surface area contributed by atoms with E-state index in [9.17, 15) is 4.79 Å². The zero-order valence-electron chi connectivity index (χ0n) is 8.49. The highest BCUT2D eigenvalue weighted by Gasteiger charge is 2.41. The molecule has 0 unspecified atom stereocenters. The van der Waals surface area contributed by atoms with Gasteiger partial charge < -0.3 is 9.80 Å². The van der Waals surface area contributed by atoms with E-state index in [1.165, 1.54) is 12.8 Å². The van der Waals surface area contributed by atoms with Crippen LogP contribution in [0.25, 0.3) is 0 Å². The molecule has 0 aromatic carbocycles. The molecule has 0 N–H and O–H groups in total. The highest BCUT2D eigenvalue weighted by Crippen LogP contribution is 2.33. The van der Waals surface area contributed by atoms with Crippen LogP contribution in [-0.2, 0) is 4.79 Å². The number of likely N-dealkylation sites (tertiary alicyclic amines) is 1. The Balaban J connectivity index is 1.77. The largest absolute Gasteiger partial charge is 0.344 e. The second-order valence-corrected chi connectivity index (χ2v) is 4.97. The molecule has 1 amide bonds. The molecular formula is C10H18N2O. The van der Waals surface area contributed by atoms with Crippen molar-refractivity contribution in [3.05, 3.63) is 0 Å². The first kappa shape index (κ1) is 9.00. The molecule has 0 spiro atoms. The van der Waals surface area contributed by atoms with Crippen molar-refractivity contribution >= 4 is 6.41 Å². The Kier molecular flexibility index (Phi) is 2.06. The van der Waals surface area contributed by atoms with Gasteiger partial charge in [-0.25, -0.2) is 0 Å². The van der Waals surface area contributed by atoms with Crippen LogP contribution in [0.2, 0.25) is 0 Å². The minimum atomic E-state index is 0.359. The summed E-state index contributed by atoms with van der Waals surface area (Å²) in [5.41, 5.74) is 0.359. The molecule has 1 heterocycles. The highest BCUT2D eigenvalue weighted by atomic mass is 16.1. The minimum Gasteiger partial charge on any atom is -0.344 e. The lowest BCUT2D eigenvalue weighted by atomic mass is 9.82. The van der Waals surface area contributed by atoms with E-state index >= 15 is 0 Å². The second kappa shape index (κ2) is 2.98. The van der Waals surface area contributed by atoms with Gasteiger partial charge in [-0.1, -0.05) is 6.92 Å². The smallest absolute Gasteiger partial charge is 0.209 e. The summed E-state index contributed by atoms with van der Waals surface area (Å²) in [7, 11) is 2.20. The first-order chi connectivity index (χ1) is 6.13. The lowest BCUT2D eigenvalue weighted by molar-refractivity contribution is -0.129. The molecule has 74 valence electrons. The van der Waals surface area contributed by atoms with Crippen LogP contribution < -0.4 is 0 Å². The number of nitrogens with zero attached hydrogens (tertiary/aromatic N) is 2. The van der Waals surface area contributed by atoms with E-state index in [4.69, 9.17) is 0 Å². The normalized spacial score (nSPS) is 25.9. The third kappa shape index (κ3) is 1.85. The number of carbonyl (C=O) groups excluding carboxylic acids is 1. The Morgan fingerprint density at radius 3 is 2.62 bits per heavy atom. The molecule has 3 heteroatoms. The quantitative estimate of drug-likeness (QED) is 0.593. The summed E-state index contributed by atoms with van der Waals surface area (Å²) in [6.07, 6.45) is 3.69. The maximum Gasteiger partial charge on any atom is 0.209 e. The van der Waals surface area contributed by atoms with E-state index in [0.717, 1.165) is 32.1 Å². The Bertz CT molecular complexity index is 207. The first-order valence-electron chi connectivity index (χ1n) is 5.03. The number of hydrogen-bond acceptors (Lipinski definition) is 2. The zero-order valence-corrected chi connectivity index (χ0v) is 8.49. The summed E-state index contributed by atoms with van der Waals surface area (Å²) in [6.45, 7) is 5.29. The predicted octanol–water partition coefficient (Wildman–Crippen LogP) is 0.559. The molecule has 2 fully saturated rings. The van der Waals surface area contributed by atoms with Gasteiger partial charge in [-0.15, -0.1) is 0 Å². The molecule has 3 nitrogen and oxygen atoms in total. The van der Waals surface area contributed by atoms with Crippen LogP contribution in [0.4, 0.5) is 0 Å². The number of carbonyl (C=O) groups is 1. The van der Waals surface area contributed by atoms with Crippen molar-refractivity contribution in [2.24, 2.45) is 5.41 Å². The molecule has 2 aliphatic rings. The molecule has 0 atom stereocenters. The molecule has 1 saturated heterocycles. The Morgan fingerprint density at radius 1 is 1.54 bits per heavy atom. The van der Waals surface area contributed by atoms with Crippen LogP contribution in [0.5, 0.6) is 0 Å².